The molecule has 0 spiro atoms. The number of pyridine rings is 1. The number of rotatable bonds is 4. The summed E-state index contributed by atoms with van der Waals surface area (Å²) in [5.74, 6) is -0.547. The highest BCUT2D eigenvalue weighted by Gasteiger charge is 2.28. The van der Waals surface area contributed by atoms with Crippen LogP contribution in [0.15, 0.2) is 71.9 Å². The third-order valence-electron chi connectivity index (χ3n) is 5.25. The second-order valence-electron chi connectivity index (χ2n) is 7.13. The number of nitrogens with zero attached hydrogens (tertiary/aromatic N) is 2. The van der Waals surface area contributed by atoms with Crippen LogP contribution in [0.3, 0.4) is 0 Å². The fraction of sp³-hybridized carbons (Fsp3) is 0.182. The maximum atomic E-state index is 13.7. The van der Waals surface area contributed by atoms with Crippen molar-refractivity contribution in [3.8, 4) is 0 Å². The Kier molecular flexibility index (Phi) is 5.26. The van der Waals surface area contributed by atoms with Gasteiger partial charge in [0.2, 0.25) is 0 Å². The number of hydrogen-bond donors (Lipinski definition) is 1. The molecule has 1 atom stereocenters. The fourth-order valence-electron chi connectivity index (χ4n) is 3.64. The molecule has 0 bridgehead atoms. The number of anilines is 1. The number of carbonyl (C=O) groups excluding carboxylic acids is 1. The summed E-state index contributed by atoms with van der Waals surface area (Å²) >= 11 is 0. The maximum Gasteiger partial charge on any atom is 0.261 e. The van der Waals surface area contributed by atoms with Crippen molar-refractivity contribution in [2.75, 3.05) is 11.3 Å². The predicted molar refractivity (Wildman–Crippen MR) is 111 cm³/mol. The first-order valence-electron chi connectivity index (χ1n) is 9.47. The van der Waals surface area contributed by atoms with Gasteiger partial charge >= 0.3 is 0 Å². The second kappa shape index (κ2) is 7.87. The largest absolute Gasteiger partial charge is 0.332 e. The lowest BCUT2D eigenvalue weighted by atomic mass is 9.93. The molecule has 0 saturated carbocycles. The molecule has 2 heterocycles. The maximum absolute atomic E-state index is 13.7. The number of nitrogens with one attached hydrogen (secondary N) is 1. The van der Waals surface area contributed by atoms with E-state index in [2.05, 4.69) is 9.71 Å². The average molecular weight is 425 g/mol. The average Bonchev–Trinajstić information content (AvgIpc) is 2.74. The molecular weight excluding hydrogens is 405 g/mol. The summed E-state index contributed by atoms with van der Waals surface area (Å²) in [6.07, 6.45) is 3.63. The number of benzene rings is 2. The van der Waals surface area contributed by atoms with E-state index in [4.69, 9.17) is 0 Å². The fourth-order valence-corrected chi connectivity index (χ4v) is 4.70. The van der Waals surface area contributed by atoms with Crippen molar-refractivity contribution >= 4 is 21.6 Å². The van der Waals surface area contributed by atoms with E-state index in [0.717, 1.165) is 11.1 Å². The van der Waals surface area contributed by atoms with E-state index in [9.17, 15) is 17.6 Å². The zero-order chi connectivity index (χ0) is 21.3. The third-order valence-corrected chi connectivity index (χ3v) is 6.65. The Bertz CT molecular complexity index is 1180. The van der Waals surface area contributed by atoms with Crippen molar-refractivity contribution in [1.29, 1.82) is 0 Å². The third kappa shape index (κ3) is 3.91. The summed E-state index contributed by atoms with van der Waals surface area (Å²) in [5.41, 5.74) is 2.62. The molecule has 6 nitrogen and oxygen atoms in total. The molecule has 1 N–H and O–H groups in total. The van der Waals surface area contributed by atoms with E-state index in [1.54, 1.807) is 23.1 Å². The van der Waals surface area contributed by atoms with Gasteiger partial charge in [0.15, 0.2) is 0 Å². The molecule has 30 heavy (non-hydrogen) atoms. The van der Waals surface area contributed by atoms with Crippen LogP contribution in [-0.2, 0) is 16.4 Å². The molecule has 1 aliphatic rings. The SMILES string of the molecule is CC1c2cc(F)ccc2CCN1C(=O)c1ccc(S(=O)(=O)Nc2ccncc2)cc1. The molecule has 1 unspecified atom stereocenters. The van der Waals surface area contributed by atoms with Crippen LogP contribution in [0.1, 0.15) is 34.5 Å². The quantitative estimate of drug-likeness (QED) is 0.690. The first kappa shape index (κ1) is 20.0. The Labute approximate surface area is 174 Å². The van der Waals surface area contributed by atoms with Gasteiger partial charge in [-0.05, 0) is 73.0 Å². The standard InChI is InChI=1S/C22H20FN3O3S/c1-15-21-14-18(23)5-2-16(21)10-13-26(15)22(27)17-3-6-20(7-4-17)30(28,29)25-19-8-11-24-12-9-19/h2-9,11-12,14-15H,10,13H2,1H3,(H,24,25). The van der Waals surface area contributed by atoms with Crippen LogP contribution in [0, 0.1) is 5.82 Å². The van der Waals surface area contributed by atoms with Crippen molar-refractivity contribution in [2.24, 2.45) is 0 Å². The lowest BCUT2D eigenvalue weighted by Crippen LogP contribution is -2.38. The van der Waals surface area contributed by atoms with Gasteiger partial charge in [0.1, 0.15) is 5.82 Å². The number of aromatic nitrogens is 1. The lowest BCUT2D eigenvalue weighted by molar-refractivity contribution is 0.0677. The number of halogens is 1. The Hall–Kier alpha value is -3.26. The lowest BCUT2D eigenvalue weighted by Gasteiger charge is -2.35. The molecule has 8 heteroatoms. The van der Waals surface area contributed by atoms with E-state index in [0.29, 0.717) is 24.2 Å². The van der Waals surface area contributed by atoms with Gasteiger partial charge in [-0.15, -0.1) is 0 Å². The number of sulfonamides is 1. The van der Waals surface area contributed by atoms with Crippen molar-refractivity contribution in [3.05, 3.63) is 89.5 Å². The molecule has 0 fully saturated rings. The van der Waals surface area contributed by atoms with Gasteiger partial charge in [-0.2, -0.15) is 0 Å². The zero-order valence-corrected chi connectivity index (χ0v) is 17.1. The Morgan fingerprint density at radius 1 is 1.10 bits per heavy atom. The molecule has 0 saturated heterocycles. The molecular formula is C22H20FN3O3S. The molecule has 2 aromatic carbocycles. The van der Waals surface area contributed by atoms with Crippen LogP contribution in [-0.4, -0.2) is 30.8 Å². The summed E-state index contributed by atoms with van der Waals surface area (Å²) in [6.45, 7) is 2.38. The molecule has 0 aliphatic carbocycles. The molecule has 1 amide bonds. The summed E-state index contributed by atoms with van der Waals surface area (Å²) in [6, 6.07) is 13.3. The Morgan fingerprint density at radius 3 is 2.50 bits per heavy atom. The first-order chi connectivity index (χ1) is 14.3. The minimum absolute atomic E-state index is 0.0509. The molecule has 154 valence electrons. The van der Waals surface area contributed by atoms with Crippen molar-refractivity contribution < 1.29 is 17.6 Å². The van der Waals surface area contributed by atoms with E-state index < -0.39 is 10.0 Å². The van der Waals surface area contributed by atoms with Crippen LogP contribution in [0.4, 0.5) is 10.1 Å². The summed E-state index contributed by atoms with van der Waals surface area (Å²) in [4.78, 5) is 18.6. The molecule has 1 aromatic heterocycles. The van der Waals surface area contributed by atoms with E-state index in [1.165, 1.54) is 48.8 Å². The highest BCUT2D eigenvalue weighted by molar-refractivity contribution is 7.92. The van der Waals surface area contributed by atoms with Crippen LogP contribution in [0.25, 0.3) is 0 Å². The van der Waals surface area contributed by atoms with Crippen molar-refractivity contribution in [3.63, 3.8) is 0 Å². The van der Waals surface area contributed by atoms with Gasteiger partial charge in [-0.25, -0.2) is 12.8 Å². The number of hydrogen-bond acceptors (Lipinski definition) is 4. The minimum Gasteiger partial charge on any atom is -0.332 e. The zero-order valence-electron chi connectivity index (χ0n) is 16.2. The summed E-state index contributed by atoms with van der Waals surface area (Å²) < 4.78 is 41.2. The topological polar surface area (TPSA) is 79.4 Å². The van der Waals surface area contributed by atoms with E-state index in [-0.39, 0.29) is 22.7 Å². The molecule has 3 aromatic rings. The highest BCUT2D eigenvalue weighted by atomic mass is 32.2. The van der Waals surface area contributed by atoms with Crippen LogP contribution in [0.5, 0.6) is 0 Å². The van der Waals surface area contributed by atoms with Crippen LogP contribution < -0.4 is 4.72 Å². The Morgan fingerprint density at radius 2 is 1.80 bits per heavy atom. The Balaban J connectivity index is 1.53. The summed E-state index contributed by atoms with van der Waals surface area (Å²) in [7, 11) is -3.78. The van der Waals surface area contributed by atoms with Crippen molar-refractivity contribution in [1.82, 2.24) is 9.88 Å². The van der Waals surface area contributed by atoms with Gasteiger partial charge in [-0.1, -0.05) is 6.07 Å². The number of carbonyl (C=O) groups is 1. The minimum atomic E-state index is -3.78. The number of amides is 1. The second-order valence-corrected chi connectivity index (χ2v) is 8.82. The van der Waals surface area contributed by atoms with Gasteiger partial charge in [-0.3, -0.25) is 14.5 Å². The molecule has 4 rings (SSSR count). The highest BCUT2D eigenvalue weighted by Crippen LogP contribution is 2.31. The monoisotopic (exact) mass is 425 g/mol. The predicted octanol–water partition coefficient (Wildman–Crippen LogP) is 3.78. The molecule has 0 radical (unpaired) electrons. The van der Waals surface area contributed by atoms with Gasteiger partial charge in [0.25, 0.3) is 15.9 Å². The van der Waals surface area contributed by atoms with Gasteiger partial charge < -0.3 is 4.90 Å². The normalized spacial score (nSPS) is 16.1. The van der Waals surface area contributed by atoms with E-state index >= 15 is 0 Å². The van der Waals surface area contributed by atoms with Gasteiger partial charge in [0.05, 0.1) is 16.6 Å². The smallest absolute Gasteiger partial charge is 0.261 e. The van der Waals surface area contributed by atoms with Crippen LogP contribution in [0.2, 0.25) is 0 Å². The molecule has 1 aliphatic heterocycles. The van der Waals surface area contributed by atoms with Crippen LogP contribution >= 0.6 is 0 Å². The summed E-state index contributed by atoms with van der Waals surface area (Å²) in [5, 5.41) is 0. The van der Waals surface area contributed by atoms with Crippen molar-refractivity contribution in [2.45, 2.75) is 24.3 Å². The van der Waals surface area contributed by atoms with E-state index in [1.807, 2.05) is 6.92 Å². The number of fused-ring (bicyclic) bond motifs is 1. The first-order valence-corrected chi connectivity index (χ1v) is 11.0. The van der Waals surface area contributed by atoms with Gasteiger partial charge in [0, 0.05) is 24.5 Å².